The highest BCUT2D eigenvalue weighted by Gasteiger charge is 2.45. The molecule has 0 radical (unpaired) electrons. The van der Waals surface area contributed by atoms with Gasteiger partial charge < -0.3 is 21.1 Å². The highest BCUT2D eigenvalue weighted by molar-refractivity contribution is 6.10. The number of quaternary nitrogens is 1. The van der Waals surface area contributed by atoms with Crippen LogP contribution in [0.3, 0.4) is 0 Å². The van der Waals surface area contributed by atoms with E-state index in [1.807, 2.05) is 30.4 Å². The lowest BCUT2D eigenvalue weighted by Gasteiger charge is -2.20. The minimum absolute atomic E-state index is 0.0814. The van der Waals surface area contributed by atoms with Crippen molar-refractivity contribution in [3.05, 3.63) is 59.2 Å². The first-order valence-corrected chi connectivity index (χ1v) is 8.59. The molecule has 2 amide bonds. The maximum atomic E-state index is 12.9. The van der Waals surface area contributed by atoms with Gasteiger partial charge in [-0.3, -0.25) is 9.59 Å². The molecule has 0 aromatic heterocycles. The van der Waals surface area contributed by atoms with Crippen molar-refractivity contribution in [2.45, 2.75) is 18.5 Å². The van der Waals surface area contributed by atoms with Crippen LogP contribution >= 0.6 is 0 Å². The summed E-state index contributed by atoms with van der Waals surface area (Å²) in [5.41, 5.74) is 6.87. The van der Waals surface area contributed by atoms with Gasteiger partial charge in [-0.2, -0.15) is 0 Å². The first kappa shape index (κ1) is 16.4. The lowest BCUT2D eigenvalue weighted by atomic mass is 10.1. The van der Waals surface area contributed by atoms with E-state index in [-0.39, 0.29) is 23.6 Å². The van der Waals surface area contributed by atoms with Crippen LogP contribution in [0.15, 0.2) is 42.5 Å². The molecular formula is C20H20N3O3+. The second-order valence-electron chi connectivity index (χ2n) is 6.71. The van der Waals surface area contributed by atoms with Crippen molar-refractivity contribution in [3.8, 4) is 5.75 Å². The molecule has 5 N–H and O–H groups in total. The zero-order valence-corrected chi connectivity index (χ0v) is 14.2. The zero-order chi connectivity index (χ0) is 18.3. The van der Waals surface area contributed by atoms with E-state index in [4.69, 9.17) is 0 Å². The number of hydrogen-bond acceptors (Lipinski definition) is 3. The Balaban J connectivity index is 1.65. The Morgan fingerprint density at radius 3 is 2.54 bits per heavy atom. The molecule has 2 heterocycles. The van der Waals surface area contributed by atoms with Gasteiger partial charge in [0.05, 0.1) is 11.3 Å². The summed E-state index contributed by atoms with van der Waals surface area (Å²) in [5.74, 6) is -0.0752. The van der Waals surface area contributed by atoms with Crippen molar-refractivity contribution in [2.75, 3.05) is 11.9 Å². The summed E-state index contributed by atoms with van der Waals surface area (Å²) in [7, 11) is 0. The third-order valence-electron chi connectivity index (χ3n) is 4.95. The van der Waals surface area contributed by atoms with Gasteiger partial charge >= 0.3 is 0 Å². The van der Waals surface area contributed by atoms with Crippen molar-refractivity contribution in [1.82, 2.24) is 4.90 Å². The smallest absolute Gasteiger partial charge is 0.256 e. The van der Waals surface area contributed by atoms with Crippen LogP contribution in [0.25, 0.3) is 12.2 Å². The Morgan fingerprint density at radius 1 is 1.08 bits per heavy atom. The van der Waals surface area contributed by atoms with E-state index in [0.29, 0.717) is 17.8 Å². The monoisotopic (exact) mass is 350 g/mol. The molecule has 6 heteroatoms. The van der Waals surface area contributed by atoms with E-state index in [1.54, 1.807) is 29.2 Å². The van der Waals surface area contributed by atoms with Gasteiger partial charge in [0.25, 0.3) is 11.8 Å². The molecule has 0 bridgehead atoms. The first-order chi connectivity index (χ1) is 12.5. The lowest BCUT2D eigenvalue weighted by Crippen LogP contribution is -2.68. The number of amides is 2. The number of aromatic hydroxyl groups is 1. The summed E-state index contributed by atoms with van der Waals surface area (Å²) < 4.78 is 0. The van der Waals surface area contributed by atoms with Crippen LogP contribution in [0.5, 0.6) is 5.75 Å². The average molecular weight is 350 g/mol. The van der Waals surface area contributed by atoms with E-state index in [0.717, 1.165) is 17.5 Å². The molecule has 26 heavy (non-hydrogen) atoms. The van der Waals surface area contributed by atoms with E-state index in [1.165, 1.54) is 0 Å². The van der Waals surface area contributed by atoms with Crippen LogP contribution in [-0.4, -0.2) is 40.4 Å². The first-order valence-electron chi connectivity index (χ1n) is 8.59. The maximum absolute atomic E-state index is 12.9. The van der Waals surface area contributed by atoms with Crippen LogP contribution in [-0.2, 0) is 4.79 Å². The van der Waals surface area contributed by atoms with Gasteiger partial charge in [0.1, 0.15) is 11.8 Å². The summed E-state index contributed by atoms with van der Waals surface area (Å²) in [6.45, 7) is 0.554. The predicted molar refractivity (Wildman–Crippen MR) is 98.2 cm³/mol. The van der Waals surface area contributed by atoms with Crippen molar-refractivity contribution < 1.29 is 20.4 Å². The Bertz CT molecular complexity index is 905. The topological polar surface area (TPSA) is 97.3 Å². The van der Waals surface area contributed by atoms with Crippen LogP contribution < -0.4 is 11.1 Å². The Labute approximate surface area is 150 Å². The molecule has 2 aromatic carbocycles. The summed E-state index contributed by atoms with van der Waals surface area (Å²) in [5, 5.41) is 12.2. The second-order valence-corrected chi connectivity index (χ2v) is 6.71. The van der Waals surface area contributed by atoms with Gasteiger partial charge in [0.2, 0.25) is 0 Å². The van der Waals surface area contributed by atoms with Crippen molar-refractivity contribution in [1.29, 1.82) is 0 Å². The fraction of sp³-hybridized carbons (Fsp3) is 0.200. The summed E-state index contributed by atoms with van der Waals surface area (Å²) in [6, 6.07) is 11.7. The van der Waals surface area contributed by atoms with Crippen LogP contribution in [0, 0.1) is 0 Å². The number of carbonyl (C=O) groups excluding carboxylic acids is 2. The molecule has 1 saturated heterocycles. The Morgan fingerprint density at radius 2 is 1.77 bits per heavy atom. The SMILES string of the molecule is [NH3+][C@H]1CCN2C(=O)c3cc(/C=C/c4ccc(O)cc4)ccc3NC(=O)[C@H]12. The largest absolute Gasteiger partial charge is 0.508 e. The summed E-state index contributed by atoms with van der Waals surface area (Å²) in [6.07, 6.45) is 4.55. The van der Waals surface area contributed by atoms with Crippen LogP contribution in [0.2, 0.25) is 0 Å². The number of hydrogen-bond donors (Lipinski definition) is 3. The van der Waals surface area contributed by atoms with E-state index in [9.17, 15) is 14.7 Å². The number of phenols is 1. The summed E-state index contributed by atoms with van der Waals surface area (Å²) >= 11 is 0. The minimum atomic E-state index is -0.495. The fourth-order valence-corrected chi connectivity index (χ4v) is 3.53. The van der Waals surface area contributed by atoms with E-state index in [2.05, 4.69) is 11.1 Å². The summed E-state index contributed by atoms with van der Waals surface area (Å²) in [4.78, 5) is 27.0. The third kappa shape index (κ3) is 2.84. The van der Waals surface area contributed by atoms with E-state index < -0.39 is 6.04 Å². The molecule has 0 aliphatic carbocycles. The van der Waals surface area contributed by atoms with Crippen molar-refractivity contribution in [3.63, 3.8) is 0 Å². The molecule has 2 aliphatic heterocycles. The zero-order valence-electron chi connectivity index (χ0n) is 14.2. The molecule has 1 fully saturated rings. The highest BCUT2D eigenvalue weighted by atomic mass is 16.3. The predicted octanol–water partition coefficient (Wildman–Crippen LogP) is 1.34. The number of fused-ring (bicyclic) bond motifs is 2. The molecule has 0 unspecified atom stereocenters. The number of phenolic OH excluding ortho intramolecular Hbond substituents is 1. The third-order valence-corrected chi connectivity index (χ3v) is 4.95. The van der Waals surface area contributed by atoms with Crippen LogP contribution in [0.4, 0.5) is 5.69 Å². The maximum Gasteiger partial charge on any atom is 0.256 e. The fourth-order valence-electron chi connectivity index (χ4n) is 3.53. The normalized spacial score (nSPS) is 22.1. The molecule has 6 nitrogen and oxygen atoms in total. The Hall–Kier alpha value is -3.12. The van der Waals surface area contributed by atoms with Gasteiger partial charge in [0, 0.05) is 13.0 Å². The highest BCUT2D eigenvalue weighted by Crippen LogP contribution is 2.29. The minimum Gasteiger partial charge on any atom is -0.508 e. The van der Waals surface area contributed by atoms with Gasteiger partial charge in [0.15, 0.2) is 6.04 Å². The quantitative estimate of drug-likeness (QED) is 0.713. The van der Waals surface area contributed by atoms with E-state index >= 15 is 0 Å². The molecular weight excluding hydrogens is 330 g/mol. The number of carbonyl (C=O) groups is 2. The number of nitrogens with one attached hydrogen (secondary N) is 1. The second kappa shape index (κ2) is 6.31. The van der Waals surface area contributed by atoms with Gasteiger partial charge in [-0.25, -0.2) is 0 Å². The molecule has 132 valence electrons. The number of anilines is 1. The molecule has 0 spiro atoms. The Kier molecular flexibility index (Phi) is 3.97. The number of nitrogens with zero attached hydrogens (tertiary/aromatic N) is 1. The van der Waals surface area contributed by atoms with Crippen LogP contribution in [0.1, 0.15) is 27.9 Å². The van der Waals surface area contributed by atoms with Gasteiger partial charge in [-0.05, 0) is 35.4 Å². The molecule has 4 rings (SSSR count). The van der Waals surface area contributed by atoms with Gasteiger partial charge in [-0.15, -0.1) is 0 Å². The lowest BCUT2D eigenvalue weighted by molar-refractivity contribution is -0.419. The molecule has 2 aromatic rings. The molecule has 2 aliphatic rings. The average Bonchev–Trinajstić information content (AvgIpc) is 2.98. The van der Waals surface area contributed by atoms with Crippen molar-refractivity contribution in [2.24, 2.45) is 0 Å². The number of rotatable bonds is 2. The molecule has 0 saturated carbocycles. The number of benzene rings is 2. The standard InChI is InChI=1S/C20H19N3O3/c21-16-9-10-23-18(16)19(25)22-17-8-5-13(11-15(17)20(23)26)2-1-12-3-6-14(24)7-4-12/h1-8,11,16,18,24H,9-10,21H2,(H,22,25)/p+1/b2-1+/t16-,18-/m0/s1. The van der Waals surface area contributed by atoms with Crippen molar-refractivity contribution >= 4 is 29.7 Å². The van der Waals surface area contributed by atoms with Gasteiger partial charge in [-0.1, -0.05) is 30.4 Å². The molecule has 2 atom stereocenters.